The maximum Gasteiger partial charge on any atom is 0.225 e. The lowest BCUT2D eigenvalue weighted by Crippen LogP contribution is -2.45. The molecular weight excluding hydrogens is 533 g/mol. The van der Waals surface area contributed by atoms with Crippen LogP contribution in [0.2, 0.25) is 0 Å². The number of rotatable bonds is 6. The minimum atomic E-state index is 0. The van der Waals surface area contributed by atoms with Crippen LogP contribution in [0.4, 0.5) is 0 Å². The van der Waals surface area contributed by atoms with Crippen molar-refractivity contribution in [3.63, 3.8) is 0 Å². The van der Waals surface area contributed by atoms with Crippen LogP contribution in [0.25, 0.3) is 11.3 Å². The zero-order valence-corrected chi connectivity index (χ0v) is 21.9. The summed E-state index contributed by atoms with van der Waals surface area (Å²) in [5.41, 5.74) is 2.13. The first-order chi connectivity index (χ1) is 15.2. The summed E-state index contributed by atoms with van der Waals surface area (Å²) in [6.45, 7) is 5.04. The van der Waals surface area contributed by atoms with Crippen LogP contribution in [0, 0.1) is 5.92 Å². The minimum absolute atomic E-state index is 0. The second-order valence-corrected chi connectivity index (χ2v) is 9.38. The van der Waals surface area contributed by atoms with Crippen LogP contribution in [0.15, 0.2) is 40.7 Å². The Labute approximate surface area is 212 Å². The van der Waals surface area contributed by atoms with Gasteiger partial charge in [-0.1, -0.05) is 49.6 Å². The summed E-state index contributed by atoms with van der Waals surface area (Å²) in [6.07, 6.45) is 6.78. The Hall–Kier alpha value is -1.68. The van der Waals surface area contributed by atoms with Crippen molar-refractivity contribution in [2.45, 2.75) is 58.0 Å². The first-order valence-corrected chi connectivity index (χ1v) is 12.4. The number of nitrogens with one attached hydrogen (secondary N) is 2. The number of nitrogens with zero attached hydrogens (tertiary/aromatic N) is 3. The van der Waals surface area contributed by atoms with Gasteiger partial charge in [-0.3, -0.25) is 4.79 Å². The first-order valence-electron chi connectivity index (χ1n) is 11.6. The van der Waals surface area contributed by atoms with E-state index in [0.29, 0.717) is 12.5 Å². The predicted octanol–water partition coefficient (Wildman–Crippen LogP) is 4.66. The van der Waals surface area contributed by atoms with Crippen molar-refractivity contribution in [3.8, 4) is 11.3 Å². The van der Waals surface area contributed by atoms with Crippen molar-refractivity contribution < 1.29 is 4.79 Å². The van der Waals surface area contributed by atoms with Crippen LogP contribution >= 0.6 is 35.3 Å². The SMILES string of the molecule is CCNC(=NCc1nc(-c2ccccc2)cs1)NC1CCN(C(=O)C2CCCCC2)C1.I. The molecule has 0 bridgehead atoms. The van der Waals surface area contributed by atoms with Crippen LogP contribution in [0.3, 0.4) is 0 Å². The maximum atomic E-state index is 12.8. The molecule has 2 fully saturated rings. The molecule has 1 unspecified atom stereocenters. The molecule has 1 amide bonds. The summed E-state index contributed by atoms with van der Waals surface area (Å²) >= 11 is 1.64. The fourth-order valence-corrected chi connectivity index (χ4v) is 5.20. The largest absolute Gasteiger partial charge is 0.357 e. The zero-order valence-electron chi connectivity index (χ0n) is 18.8. The molecule has 0 spiro atoms. The van der Waals surface area contributed by atoms with E-state index in [1.807, 2.05) is 18.2 Å². The van der Waals surface area contributed by atoms with E-state index in [-0.39, 0.29) is 35.9 Å². The molecule has 2 heterocycles. The number of hydrogen-bond acceptors (Lipinski definition) is 4. The molecule has 0 radical (unpaired) electrons. The minimum Gasteiger partial charge on any atom is -0.357 e. The number of carbonyl (C=O) groups excluding carboxylic acids is 1. The second kappa shape index (κ2) is 12.5. The molecule has 6 nitrogen and oxygen atoms in total. The number of guanidine groups is 1. The summed E-state index contributed by atoms with van der Waals surface area (Å²) in [5.74, 6) is 1.41. The van der Waals surface area contributed by atoms with Gasteiger partial charge in [-0.2, -0.15) is 0 Å². The van der Waals surface area contributed by atoms with E-state index in [1.165, 1.54) is 19.3 Å². The smallest absolute Gasteiger partial charge is 0.225 e. The van der Waals surface area contributed by atoms with E-state index < -0.39 is 0 Å². The van der Waals surface area contributed by atoms with Gasteiger partial charge in [0.05, 0.1) is 12.2 Å². The quantitative estimate of drug-likeness (QED) is 0.303. The van der Waals surface area contributed by atoms with Crippen LogP contribution < -0.4 is 10.6 Å². The fraction of sp³-hybridized carbons (Fsp3) is 0.542. The summed E-state index contributed by atoms with van der Waals surface area (Å²) in [4.78, 5) is 24.4. The Morgan fingerprint density at radius 1 is 1.19 bits per heavy atom. The zero-order chi connectivity index (χ0) is 21.5. The van der Waals surface area contributed by atoms with Crippen LogP contribution in [0.1, 0.15) is 50.5 Å². The molecule has 2 aromatic rings. The van der Waals surface area contributed by atoms with Gasteiger partial charge in [0, 0.05) is 42.5 Å². The average Bonchev–Trinajstić information content (AvgIpc) is 3.48. The van der Waals surface area contributed by atoms with Gasteiger partial charge in [0.25, 0.3) is 0 Å². The predicted molar refractivity (Wildman–Crippen MR) is 142 cm³/mol. The van der Waals surface area contributed by atoms with Gasteiger partial charge in [0.2, 0.25) is 5.91 Å². The van der Waals surface area contributed by atoms with E-state index in [4.69, 9.17) is 9.98 Å². The highest BCUT2D eigenvalue weighted by Crippen LogP contribution is 2.27. The van der Waals surface area contributed by atoms with Gasteiger partial charge in [0.15, 0.2) is 5.96 Å². The summed E-state index contributed by atoms with van der Waals surface area (Å²) < 4.78 is 0. The average molecular weight is 568 g/mol. The van der Waals surface area contributed by atoms with Crippen molar-refractivity contribution in [1.82, 2.24) is 20.5 Å². The Kier molecular flexibility index (Phi) is 9.77. The van der Waals surface area contributed by atoms with E-state index in [2.05, 4.69) is 40.0 Å². The molecule has 174 valence electrons. The number of thiazole rings is 1. The molecule has 8 heteroatoms. The lowest BCUT2D eigenvalue weighted by atomic mass is 9.88. The lowest BCUT2D eigenvalue weighted by Gasteiger charge is -2.26. The number of hydrogen-bond donors (Lipinski definition) is 2. The van der Waals surface area contributed by atoms with E-state index in [9.17, 15) is 4.79 Å². The fourth-order valence-electron chi connectivity index (χ4n) is 4.47. The van der Waals surface area contributed by atoms with E-state index in [0.717, 1.165) is 61.1 Å². The Morgan fingerprint density at radius 2 is 1.97 bits per heavy atom. The normalized spacial score (nSPS) is 19.5. The van der Waals surface area contributed by atoms with Crippen LogP contribution in [-0.4, -0.2) is 47.4 Å². The number of aromatic nitrogens is 1. The van der Waals surface area contributed by atoms with E-state index in [1.54, 1.807) is 11.3 Å². The number of aliphatic imine (C=N–C) groups is 1. The molecule has 1 atom stereocenters. The third kappa shape index (κ3) is 6.66. The molecule has 1 aromatic carbocycles. The first kappa shape index (κ1) is 25.0. The van der Waals surface area contributed by atoms with Gasteiger partial charge in [-0.05, 0) is 26.2 Å². The monoisotopic (exact) mass is 567 g/mol. The molecule has 2 N–H and O–H groups in total. The molecule has 1 aromatic heterocycles. The number of benzene rings is 1. The summed E-state index contributed by atoms with van der Waals surface area (Å²) in [5, 5.41) is 9.96. The second-order valence-electron chi connectivity index (χ2n) is 8.44. The molecule has 1 saturated heterocycles. The van der Waals surface area contributed by atoms with Gasteiger partial charge >= 0.3 is 0 Å². The molecule has 32 heavy (non-hydrogen) atoms. The number of halogens is 1. The highest BCUT2D eigenvalue weighted by Gasteiger charge is 2.31. The van der Waals surface area contributed by atoms with Gasteiger partial charge in [-0.25, -0.2) is 9.98 Å². The maximum absolute atomic E-state index is 12.8. The number of likely N-dealkylation sites (tertiary alicyclic amines) is 1. The van der Waals surface area contributed by atoms with Gasteiger partial charge in [0.1, 0.15) is 5.01 Å². The molecule has 1 aliphatic heterocycles. The van der Waals surface area contributed by atoms with E-state index >= 15 is 0 Å². The standard InChI is InChI=1S/C24H33N5OS.HI/c1-2-25-24(26-15-22-28-21(17-31-22)18-9-5-3-6-10-18)27-20-13-14-29(16-20)23(30)19-11-7-4-8-12-19;/h3,5-6,9-10,17,19-20H,2,4,7-8,11-16H2,1H3,(H2,25,26,27);1H. The van der Waals surface area contributed by atoms with Crippen LogP contribution in [-0.2, 0) is 11.3 Å². The van der Waals surface area contributed by atoms with Crippen molar-refractivity contribution in [2.75, 3.05) is 19.6 Å². The van der Waals surface area contributed by atoms with Crippen LogP contribution in [0.5, 0.6) is 0 Å². The molecule has 1 saturated carbocycles. The van der Waals surface area contributed by atoms with Crippen molar-refractivity contribution in [2.24, 2.45) is 10.9 Å². The highest BCUT2D eigenvalue weighted by molar-refractivity contribution is 14.0. The lowest BCUT2D eigenvalue weighted by molar-refractivity contribution is -0.135. The molecule has 1 aliphatic carbocycles. The van der Waals surface area contributed by atoms with Crippen molar-refractivity contribution in [3.05, 3.63) is 40.7 Å². The van der Waals surface area contributed by atoms with Gasteiger partial charge in [-0.15, -0.1) is 35.3 Å². The Bertz CT molecular complexity index is 882. The third-order valence-electron chi connectivity index (χ3n) is 6.13. The molecular formula is C24H34IN5OS. The Morgan fingerprint density at radius 3 is 2.72 bits per heavy atom. The number of carbonyl (C=O) groups is 1. The Balaban J connectivity index is 0.00000289. The topological polar surface area (TPSA) is 69.6 Å². The summed E-state index contributed by atoms with van der Waals surface area (Å²) in [6, 6.07) is 10.5. The molecule has 2 aliphatic rings. The van der Waals surface area contributed by atoms with Gasteiger partial charge < -0.3 is 15.5 Å². The van der Waals surface area contributed by atoms with Crippen molar-refractivity contribution >= 4 is 47.2 Å². The third-order valence-corrected chi connectivity index (χ3v) is 6.97. The number of amides is 1. The highest BCUT2D eigenvalue weighted by atomic mass is 127. The summed E-state index contributed by atoms with van der Waals surface area (Å²) in [7, 11) is 0. The van der Waals surface area contributed by atoms with Crippen molar-refractivity contribution in [1.29, 1.82) is 0 Å². The molecule has 4 rings (SSSR count).